The smallest absolute Gasteiger partial charge is 0.251 e. The van der Waals surface area contributed by atoms with E-state index in [1.165, 1.54) is 16.7 Å². The van der Waals surface area contributed by atoms with Crippen molar-refractivity contribution in [2.24, 2.45) is 5.73 Å². The zero-order chi connectivity index (χ0) is 16.2. The number of amides is 1. The standard InChI is InChI=1S/C19H23N3O/c1-2-9-21-19(23)15-5-7-18(8-6-15)22-12-16-4-3-14(11-20)10-17(16)13-22/h3-8,10H,2,9,11-13,20H2,1H3,(H,21,23). The number of nitrogens with zero attached hydrogens (tertiary/aromatic N) is 1. The second-order valence-electron chi connectivity index (χ2n) is 5.97. The summed E-state index contributed by atoms with van der Waals surface area (Å²) in [6, 6.07) is 14.3. The van der Waals surface area contributed by atoms with E-state index < -0.39 is 0 Å². The maximum atomic E-state index is 11.9. The third-order valence-electron chi connectivity index (χ3n) is 4.26. The third-order valence-corrected chi connectivity index (χ3v) is 4.26. The van der Waals surface area contributed by atoms with Crippen LogP contribution in [0.4, 0.5) is 5.69 Å². The van der Waals surface area contributed by atoms with Gasteiger partial charge in [-0.2, -0.15) is 0 Å². The summed E-state index contributed by atoms with van der Waals surface area (Å²) < 4.78 is 0. The molecule has 0 bridgehead atoms. The molecule has 0 radical (unpaired) electrons. The van der Waals surface area contributed by atoms with Crippen molar-refractivity contribution in [3.8, 4) is 0 Å². The largest absolute Gasteiger partial charge is 0.363 e. The normalized spacial score (nSPS) is 13.0. The van der Waals surface area contributed by atoms with Crippen molar-refractivity contribution in [2.45, 2.75) is 33.0 Å². The Hall–Kier alpha value is -2.33. The number of carbonyl (C=O) groups excluding carboxylic acids is 1. The summed E-state index contributed by atoms with van der Waals surface area (Å²) in [6.07, 6.45) is 0.945. The predicted molar refractivity (Wildman–Crippen MR) is 93.3 cm³/mol. The first kappa shape index (κ1) is 15.6. The molecule has 0 spiro atoms. The van der Waals surface area contributed by atoms with Gasteiger partial charge in [0.05, 0.1) is 0 Å². The maximum absolute atomic E-state index is 11.9. The van der Waals surface area contributed by atoms with Gasteiger partial charge in [0.1, 0.15) is 0 Å². The Kier molecular flexibility index (Phi) is 4.63. The molecule has 0 aliphatic carbocycles. The quantitative estimate of drug-likeness (QED) is 0.893. The van der Waals surface area contributed by atoms with Crippen molar-refractivity contribution in [1.29, 1.82) is 0 Å². The molecule has 1 aliphatic rings. The van der Waals surface area contributed by atoms with E-state index in [4.69, 9.17) is 5.73 Å². The van der Waals surface area contributed by atoms with Crippen molar-refractivity contribution in [2.75, 3.05) is 11.4 Å². The number of anilines is 1. The third kappa shape index (κ3) is 3.37. The van der Waals surface area contributed by atoms with Gasteiger partial charge >= 0.3 is 0 Å². The van der Waals surface area contributed by atoms with E-state index in [1.54, 1.807) is 0 Å². The molecule has 3 rings (SSSR count). The topological polar surface area (TPSA) is 58.4 Å². The number of hydrogen-bond donors (Lipinski definition) is 2. The lowest BCUT2D eigenvalue weighted by molar-refractivity contribution is 0.0953. The second-order valence-corrected chi connectivity index (χ2v) is 5.97. The molecular weight excluding hydrogens is 286 g/mol. The van der Waals surface area contributed by atoms with Crippen LogP contribution in [0.25, 0.3) is 0 Å². The van der Waals surface area contributed by atoms with Gasteiger partial charge in [0.15, 0.2) is 0 Å². The molecule has 23 heavy (non-hydrogen) atoms. The highest BCUT2D eigenvalue weighted by Crippen LogP contribution is 2.29. The summed E-state index contributed by atoms with van der Waals surface area (Å²) in [7, 11) is 0. The number of benzene rings is 2. The van der Waals surface area contributed by atoms with Crippen LogP contribution in [-0.4, -0.2) is 12.5 Å². The molecule has 2 aromatic carbocycles. The minimum absolute atomic E-state index is 0.00399. The van der Waals surface area contributed by atoms with Gasteiger partial charge in [-0.15, -0.1) is 0 Å². The van der Waals surface area contributed by atoms with Crippen molar-refractivity contribution in [1.82, 2.24) is 5.32 Å². The van der Waals surface area contributed by atoms with Crippen LogP contribution < -0.4 is 16.0 Å². The van der Waals surface area contributed by atoms with Crippen molar-refractivity contribution in [3.05, 3.63) is 64.7 Å². The zero-order valence-electron chi connectivity index (χ0n) is 13.5. The Labute approximate surface area is 137 Å². The Bertz CT molecular complexity index is 694. The second kappa shape index (κ2) is 6.84. The molecule has 1 aliphatic heterocycles. The van der Waals surface area contributed by atoms with E-state index in [9.17, 15) is 4.79 Å². The molecule has 0 saturated heterocycles. The zero-order valence-corrected chi connectivity index (χ0v) is 13.5. The average Bonchev–Trinajstić information content (AvgIpc) is 3.02. The van der Waals surface area contributed by atoms with Crippen LogP contribution in [0.5, 0.6) is 0 Å². The fourth-order valence-corrected chi connectivity index (χ4v) is 2.92. The lowest BCUT2D eigenvalue weighted by atomic mass is 10.1. The Morgan fingerprint density at radius 1 is 1.13 bits per heavy atom. The predicted octanol–water partition coefficient (Wildman–Crippen LogP) is 2.81. The average molecular weight is 309 g/mol. The van der Waals surface area contributed by atoms with Gasteiger partial charge in [0.25, 0.3) is 5.91 Å². The number of nitrogens with two attached hydrogens (primary N) is 1. The molecule has 1 amide bonds. The summed E-state index contributed by atoms with van der Waals surface area (Å²) in [5.74, 6) is -0.00399. The molecule has 4 heteroatoms. The van der Waals surface area contributed by atoms with E-state index >= 15 is 0 Å². The lowest BCUT2D eigenvalue weighted by Gasteiger charge is -2.18. The molecule has 0 saturated carbocycles. The van der Waals surface area contributed by atoms with Crippen LogP contribution in [0.3, 0.4) is 0 Å². The van der Waals surface area contributed by atoms with E-state index in [1.807, 2.05) is 31.2 Å². The number of nitrogens with one attached hydrogen (secondary N) is 1. The van der Waals surface area contributed by atoms with Crippen LogP contribution in [0, 0.1) is 0 Å². The van der Waals surface area contributed by atoms with E-state index in [-0.39, 0.29) is 5.91 Å². The van der Waals surface area contributed by atoms with Gasteiger partial charge in [-0.25, -0.2) is 0 Å². The molecule has 0 atom stereocenters. The first-order chi connectivity index (χ1) is 11.2. The minimum Gasteiger partial charge on any atom is -0.363 e. The number of carbonyl (C=O) groups is 1. The first-order valence-electron chi connectivity index (χ1n) is 8.15. The molecule has 0 aromatic heterocycles. The number of rotatable bonds is 5. The van der Waals surface area contributed by atoms with Crippen LogP contribution in [-0.2, 0) is 19.6 Å². The Morgan fingerprint density at radius 2 is 1.87 bits per heavy atom. The summed E-state index contributed by atoms with van der Waals surface area (Å²) in [4.78, 5) is 14.3. The van der Waals surface area contributed by atoms with E-state index in [0.29, 0.717) is 18.7 Å². The molecular formula is C19H23N3O. The maximum Gasteiger partial charge on any atom is 0.251 e. The number of fused-ring (bicyclic) bond motifs is 1. The highest BCUT2D eigenvalue weighted by Gasteiger charge is 2.19. The summed E-state index contributed by atoms with van der Waals surface area (Å²) in [5.41, 5.74) is 11.4. The molecule has 3 N–H and O–H groups in total. The van der Waals surface area contributed by atoms with Crippen molar-refractivity contribution < 1.29 is 4.79 Å². The van der Waals surface area contributed by atoms with Crippen LogP contribution in [0.2, 0.25) is 0 Å². The van der Waals surface area contributed by atoms with Crippen LogP contribution >= 0.6 is 0 Å². The Balaban J connectivity index is 1.70. The van der Waals surface area contributed by atoms with E-state index in [0.717, 1.165) is 25.2 Å². The van der Waals surface area contributed by atoms with Gasteiger partial charge < -0.3 is 16.0 Å². The molecule has 0 unspecified atom stereocenters. The summed E-state index contributed by atoms with van der Waals surface area (Å²) in [5, 5.41) is 2.90. The van der Waals surface area contributed by atoms with E-state index in [2.05, 4.69) is 28.4 Å². The molecule has 2 aromatic rings. The van der Waals surface area contributed by atoms with Gasteiger partial charge in [-0.3, -0.25) is 4.79 Å². The SMILES string of the molecule is CCCNC(=O)c1ccc(N2Cc3ccc(CN)cc3C2)cc1. The lowest BCUT2D eigenvalue weighted by Crippen LogP contribution is -2.24. The molecule has 120 valence electrons. The van der Waals surface area contributed by atoms with Gasteiger partial charge in [-0.1, -0.05) is 25.1 Å². The highest BCUT2D eigenvalue weighted by atomic mass is 16.1. The van der Waals surface area contributed by atoms with Crippen LogP contribution in [0.15, 0.2) is 42.5 Å². The van der Waals surface area contributed by atoms with Gasteiger partial charge in [0.2, 0.25) is 0 Å². The fraction of sp³-hybridized carbons (Fsp3) is 0.316. The first-order valence-corrected chi connectivity index (χ1v) is 8.15. The highest BCUT2D eigenvalue weighted by molar-refractivity contribution is 5.94. The molecule has 1 heterocycles. The summed E-state index contributed by atoms with van der Waals surface area (Å²) >= 11 is 0. The molecule has 0 fully saturated rings. The number of hydrogen-bond acceptors (Lipinski definition) is 3. The van der Waals surface area contributed by atoms with Gasteiger partial charge in [0, 0.05) is 37.4 Å². The fourth-order valence-electron chi connectivity index (χ4n) is 2.92. The summed E-state index contributed by atoms with van der Waals surface area (Å²) in [6.45, 7) is 5.14. The van der Waals surface area contributed by atoms with Crippen molar-refractivity contribution in [3.63, 3.8) is 0 Å². The minimum atomic E-state index is -0.00399. The Morgan fingerprint density at radius 3 is 2.57 bits per heavy atom. The molecule has 4 nitrogen and oxygen atoms in total. The monoisotopic (exact) mass is 309 g/mol. The van der Waals surface area contributed by atoms with Crippen LogP contribution in [0.1, 0.15) is 40.4 Å². The van der Waals surface area contributed by atoms with Crippen molar-refractivity contribution >= 4 is 11.6 Å². The van der Waals surface area contributed by atoms with Gasteiger partial charge in [-0.05, 0) is 47.4 Å².